The van der Waals surface area contributed by atoms with Crippen molar-refractivity contribution in [2.75, 3.05) is 13.7 Å². The maximum absolute atomic E-state index is 5.78. The van der Waals surface area contributed by atoms with Crippen LogP contribution in [0, 0.1) is 5.92 Å². The minimum Gasteiger partial charge on any atom is -0.497 e. The molecule has 0 aromatic heterocycles. The van der Waals surface area contributed by atoms with Crippen molar-refractivity contribution in [3.05, 3.63) is 29.8 Å². The topological polar surface area (TPSA) is 18.5 Å². The molecule has 1 heterocycles. The van der Waals surface area contributed by atoms with E-state index in [1.807, 2.05) is 12.1 Å². The molecule has 2 rings (SSSR count). The molecule has 0 amide bonds. The molecule has 1 aromatic carbocycles. The highest BCUT2D eigenvalue weighted by atomic mass is 16.5. The first-order chi connectivity index (χ1) is 7.33. The molecule has 2 unspecified atom stereocenters. The van der Waals surface area contributed by atoms with Gasteiger partial charge in [0.15, 0.2) is 0 Å². The molecule has 0 aliphatic carbocycles. The Bertz CT molecular complexity index is 305. The fourth-order valence-corrected chi connectivity index (χ4v) is 2.03. The Kier molecular flexibility index (Phi) is 3.27. The Morgan fingerprint density at radius 1 is 1.33 bits per heavy atom. The second kappa shape index (κ2) is 4.67. The largest absolute Gasteiger partial charge is 0.497 e. The summed E-state index contributed by atoms with van der Waals surface area (Å²) in [5.41, 5.74) is 1.27. The van der Waals surface area contributed by atoms with E-state index in [1.54, 1.807) is 7.11 Å². The van der Waals surface area contributed by atoms with Crippen molar-refractivity contribution >= 4 is 0 Å². The predicted molar refractivity (Wildman–Crippen MR) is 60.1 cm³/mol. The van der Waals surface area contributed by atoms with Crippen molar-refractivity contribution in [3.8, 4) is 5.75 Å². The molecule has 82 valence electrons. The third kappa shape index (κ3) is 2.32. The van der Waals surface area contributed by atoms with Crippen molar-refractivity contribution in [1.29, 1.82) is 0 Å². The van der Waals surface area contributed by atoms with E-state index in [0.717, 1.165) is 24.7 Å². The van der Waals surface area contributed by atoms with Gasteiger partial charge in [0.2, 0.25) is 0 Å². The van der Waals surface area contributed by atoms with Gasteiger partial charge in [0.1, 0.15) is 5.75 Å². The molecule has 0 saturated carbocycles. The van der Waals surface area contributed by atoms with E-state index in [1.165, 1.54) is 12.0 Å². The highest BCUT2D eigenvalue weighted by Gasteiger charge is 2.25. The minimum atomic E-state index is 0.292. The summed E-state index contributed by atoms with van der Waals surface area (Å²) in [5, 5.41) is 0. The lowest BCUT2D eigenvalue weighted by Crippen LogP contribution is -1.96. The van der Waals surface area contributed by atoms with Crippen molar-refractivity contribution in [3.63, 3.8) is 0 Å². The number of hydrogen-bond donors (Lipinski definition) is 0. The minimum absolute atomic E-state index is 0.292. The monoisotopic (exact) mass is 206 g/mol. The van der Waals surface area contributed by atoms with Gasteiger partial charge in [0.05, 0.1) is 19.8 Å². The number of methoxy groups -OCH3 is 1. The van der Waals surface area contributed by atoms with Crippen LogP contribution in [0.5, 0.6) is 5.75 Å². The smallest absolute Gasteiger partial charge is 0.118 e. The molecule has 15 heavy (non-hydrogen) atoms. The van der Waals surface area contributed by atoms with E-state index >= 15 is 0 Å². The molecule has 1 aliphatic rings. The Balaban J connectivity index is 2.04. The van der Waals surface area contributed by atoms with Crippen LogP contribution >= 0.6 is 0 Å². The molecule has 0 bridgehead atoms. The van der Waals surface area contributed by atoms with Crippen LogP contribution in [0.15, 0.2) is 24.3 Å². The molecule has 0 N–H and O–H groups in total. The maximum Gasteiger partial charge on any atom is 0.118 e. The number of rotatable bonds is 3. The molecule has 1 aliphatic heterocycles. The third-order valence-corrected chi connectivity index (χ3v) is 3.15. The summed E-state index contributed by atoms with van der Waals surface area (Å²) >= 11 is 0. The van der Waals surface area contributed by atoms with Crippen LogP contribution in [0.2, 0.25) is 0 Å². The van der Waals surface area contributed by atoms with Gasteiger partial charge in [-0.25, -0.2) is 0 Å². The van der Waals surface area contributed by atoms with Crippen molar-refractivity contribution in [2.45, 2.75) is 25.9 Å². The zero-order valence-electron chi connectivity index (χ0n) is 9.40. The average molecular weight is 206 g/mol. The van der Waals surface area contributed by atoms with Crippen LogP contribution in [0.3, 0.4) is 0 Å². The van der Waals surface area contributed by atoms with Gasteiger partial charge in [0, 0.05) is 0 Å². The van der Waals surface area contributed by atoms with E-state index in [4.69, 9.17) is 9.47 Å². The lowest BCUT2D eigenvalue weighted by atomic mass is 9.99. The van der Waals surface area contributed by atoms with Crippen LogP contribution in [-0.2, 0) is 4.74 Å². The Hall–Kier alpha value is -1.02. The zero-order chi connectivity index (χ0) is 10.7. The van der Waals surface area contributed by atoms with Gasteiger partial charge in [-0.15, -0.1) is 0 Å². The first-order valence-corrected chi connectivity index (χ1v) is 5.59. The Morgan fingerprint density at radius 2 is 2.07 bits per heavy atom. The highest BCUT2D eigenvalue weighted by Crippen LogP contribution is 2.34. The van der Waals surface area contributed by atoms with Gasteiger partial charge in [-0.2, -0.15) is 0 Å². The molecular weight excluding hydrogens is 188 g/mol. The van der Waals surface area contributed by atoms with Crippen LogP contribution in [-0.4, -0.2) is 13.7 Å². The summed E-state index contributed by atoms with van der Waals surface area (Å²) in [7, 11) is 1.69. The second-order valence-corrected chi connectivity index (χ2v) is 4.11. The third-order valence-electron chi connectivity index (χ3n) is 3.15. The van der Waals surface area contributed by atoms with E-state index < -0.39 is 0 Å². The SMILES string of the molecule is CCC1COC(c2ccc(OC)cc2)C1. The normalized spacial score (nSPS) is 25.5. The zero-order valence-corrected chi connectivity index (χ0v) is 9.40. The average Bonchev–Trinajstić information content (AvgIpc) is 2.78. The van der Waals surface area contributed by atoms with Crippen molar-refractivity contribution < 1.29 is 9.47 Å². The van der Waals surface area contributed by atoms with E-state index in [0.29, 0.717) is 6.10 Å². The number of benzene rings is 1. The van der Waals surface area contributed by atoms with Crippen LogP contribution in [0.25, 0.3) is 0 Å². The molecule has 2 heteroatoms. The molecule has 2 nitrogen and oxygen atoms in total. The van der Waals surface area contributed by atoms with Crippen molar-refractivity contribution in [1.82, 2.24) is 0 Å². The highest BCUT2D eigenvalue weighted by molar-refractivity contribution is 5.28. The molecule has 1 saturated heterocycles. The van der Waals surface area contributed by atoms with Crippen molar-refractivity contribution in [2.24, 2.45) is 5.92 Å². The summed E-state index contributed by atoms with van der Waals surface area (Å²) in [6, 6.07) is 8.19. The summed E-state index contributed by atoms with van der Waals surface area (Å²) < 4.78 is 10.9. The lowest BCUT2D eigenvalue weighted by Gasteiger charge is -2.10. The van der Waals surface area contributed by atoms with Gasteiger partial charge in [-0.3, -0.25) is 0 Å². The molecule has 0 radical (unpaired) electrons. The molecule has 2 atom stereocenters. The predicted octanol–water partition coefficient (Wildman–Crippen LogP) is 3.18. The fourth-order valence-electron chi connectivity index (χ4n) is 2.03. The Morgan fingerprint density at radius 3 is 2.60 bits per heavy atom. The van der Waals surface area contributed by atoms with Gasteiger partial charge >= 0.3 is 0 Å². The fraction of sp³-hybridized carbons (Fsp3) is 0.538. The molecular formula is C13H18O2. The van der Waals surface area contributed by atoms with Crippen LogP contribution < -0.4 is 4.74 Å². The summed E-state index contributed by atoms with van der Waals surface area (Å²) in [5.74, 6) is 1.64. The summed E-state index contributed by atoms with van der Waals surface area (Å²) in [6.45, 7) is 3.14. The first-order valence-electron chi connectivity index (χ1n) is 5.59. The van der Waals surface area contributed by atoms with Gasteiger partial charge in [-0.1, -0.05) is 25.5 Å². The number of hydrogen-bond acceptors (Lipinski definition) is 2. The van der Waals surface area contributed by atoms with Gasteiger partial charge < -0.3 is 9.47 Å². The molecule has 1 aromatic rings. The lowest BCUT2D eigenvalue weighted by molar-refractivity contribution is 0.107. The standard InChI is InChI=1S/C13H18O2/c1-3-10-8-13(15-9-10)11-4-6-12(14-2)7-5-11/h4-7,10,13H,3,8-9H2,1-2H3. The quantitative estimate of drug-likeness (QED) is 0.756. The van der Waals surface area contributed by atoms with E-state index in [-0.39, 0.29) is 0 Å². The van der Waals surface area contributed by atoms with Crippen LogP contribution in [0.1, 0.15) is 31.4 Å². The first kappa shape index (κ1) is 10.5. The van der Waals surface area contributed by atoms with E-state index in [2.05, 4.69) is 19.1 Å². The van der Waals surface area contributed by atoms with Gasteiger partial charge in [0.25, 0.3) is 0 Å². The van der Waals surface area contributed by atoms with Crippen LogP contribution in [0.4, 0.5) is 0 Å². The summed E-state index contributed by atoms with van der Waals surface area (Å²) in [6.07, 6.45) is 2.66. The summed E-state index contributed by atoms with van der Waals surface area (Å²) in [4.78, 5) is 0. The van der Waals surface area contributed by atoms with Gasteiger partial charge in [-0.05, 0) is 30.0 Å². The number of ether oxygens (including phenoxy) is 2. The Labute approximate surface area is 91.2 Å². The molecule has 0 spiro atoms. The maximum atomic E-state index is 5.78. The molecule has 1 fully saturated rings. The second-order valence-electron chi connectivity index (χ2n) is 4.11. The van der Waals surface area contributed by atoms with E-state index in [9.17, 15) is 0 Å².